The predicted octanol–water partition coefficient (Wildman–Crippen LogP) is 1.20. The normalized spacial score (nSPS) is 36.7. The van der Waals surface area contributed by atoms with Crippen molar-refractivity contribution >= 4 is 11.1 Å². The second kappa shape index (κ2) is 3.09. The SMILES string of the molecule is CS(=O)OC1(O)CCC(C)(C)C1. The highest BCUT2D eigenvalue weighted by Crippen LogP contribution is 2.44. The molecule has 0 aromatic rings. The standard InChI is InChI=1S/C8H16O3S/c1-7(2)4-5-8(9,6-7)11-12(3)10/h9H,4-6H2,1-3H3. The molecule has 1 saturated carbocycles. The van der Waals surface area contributed by atoms with Gasteiger partial charge in [0.25, 0.3) is 0 Å². The van der Waals surface area contributed by atoms with Crippen molar-refractivity contribution in [1.29, 1.82) is 0 Å². The Hall–Kier alpha value is 0.0700. The smallest absolute Gasteiger partial charge is 0.181 e. The molecular formula is C8H16O3S. The van der Waals surface area contributed by atoms with E-state index in [1.807, 2.05) is 0 Å². The minimum absolute atomic E-state index is 0.105. The lowest BCUT2D eigenvalue weighted by atomic mass is 9.92. The van der Waals surface area contributed by atoms with Gasteiger partial charge >= 0.3 is 0 Å². The van der Waals surface area contributed by atoms with E-state index in [-0.39, 0.29) is 5.41 Å². The van der Waals surface area contributed by atoms with Gasteiger partial charge < -0.3 is 5.11 Å². The molecular weight excluding hydrogens is 176 g/mol. The Labute approximate surface area is 75.8 Å². The molecule has 1 aliphatic carbocycles. The Balaban J connectivity index is 2.58. The number of aliphatic hydroxyl groups is 1. The summed E-state index contributed by atoms with van der Waals surface area (Å²) in [7, 11) is 0. The lowest BCUT2D eigenvalue weighted by molar-refractivity contribution is -0.127. The lowest BCUT2D eigenvalue weighted by Gasteiger charge is -2.23. The third-order valence-electron chi connectivity index (χ3n) is 2.22. The van der Waals surface area contributed by atoms with Gasteiger partial charge in [-0.3, -0.25) is 4.18 Å². The largest absolute Gasteiger partial charge is 0.365 e. The first kappa shape index (κ1) is 10.2. The van der Waals surface area contributed by atoms with E-state index in [1.165, 1.54) is 6.26 Å². The zero-order valence-electron chi connectivity index (χ0n) is 7.79. The average Bonchev–Trinajstić information content (AvgIpc) is 2.03. The molecule has 72 valence electrons. The maximum atomic E-state index is 10.7. The molecule has 12 heavy (non-hydrogen) atoms. The lowest BCUT2D eigenvalue weighted by Crippen LogP contribution is -2.30. The van der Waals surface area contributed by atoms with Crippen LogP contribution in [0.2, 0.25) is 0 Å². The monoisotopic (exact) mass is 192 g/mol. The van der Waals surface area contributed by atoms with Crippen LogP contribution >= 0.6 is 0 Å². The summed E-state index contributed by atoms with van der Waals surface area (Å²) in [5.41, 5.74) is 0.105. The molecule has 1 N–H and O–H groups in total. The van der Waals surface area contributed by atoms with Gasteiger partial charge in [-0.15, -0.1) is 0 Å². The van der Waals surface area contributed by atoms with E-state index in [0.29, 0.717) is 12.8 Å². The first-order valence-electron chi connectivity index (χ1n) is 4.08. The van der Waals surface area contributed by atoms with Gasteiger partial charge in [0.2, 0.25) is 0 Å². The van der Waals surface area contributed by atoms with E-state index in [4.69, 9.17) is 4.18 Å². The van der Waals surface area contributed by atoms with Crippen LogP contribution < -0.4 is 0 Å². The molecule has 0 heterocycles. The van der Waals surface area contributed by atoms with Crippen LogP contribution in [0.15, 0.2) is 0 Å². The quantitative estimate of drug-likeness (QED) is 0.669. The van der Waals surface area contributed by atoms with Crippen LogP contribution in [0.1, 0.15) is 33.1 Å². The molecule has 3 nitrogen and oxygen atoms in total. The van der Waals surface area contributed by atoms with Gasteiger partial charge in [-0.05, 0) is 11.8 Å². The van der Waals surface area contributed by atoms with Gasteiger partial charge in [0.15, 0.2) is 16.9 Å². The fraction of sp³-hybridized carbons (Fsp3) is 1.00. The molecule has 1 rings (SSSR count). The molecule has 0 aliphatic heterocycles. The molecule has 4 heteroatoms. The van der Waals surface area contributed by atoms with Crippen LogP contribution in [-0.2, 0) is 15.3 Å². The number of hydrogen-bond donors (Lipinski definition) is 1. The third kappa shape index (κ3) is 2.54. The Kier molecular flexibility index (Phi) is 2.61. The molecule has 0 aromatic carbocycles. The van der Waals surface area contributed by atoms with Gasteiger partial charge in [0, 0.05) is 19.1 Å². The first-order valence-corrected chi connectivity index (χ1v) is 5.57. The summed E-state index contributed by atoms with van der Waals surface area (Å²) in [4.78, 5) is 0. The van der Waals surface area contributed by atoms with Crippen molar-refractivity contribution in [3.63, 3.8) is 0 Å². The van der Waals surface area contributed by atoms with Gasteiger partial charge in [-0.25, -0.2) is 4.21 Å². The first-order chi connectivity index (χ1) is 5.33. The third-order valence-corrected chi connectivity index (χ3v) is 2.76. The van der Waals surface area contributed by atoms with Crippen molar-refractivity contribution in [3.05, 3.63) is 0 Å². The summed E-state index contributed by atoms with van der Waals surface area (Å²) in [5, 5.41) is 9.78. The van der Waals surface area contributed by atoms with Crippen LogP contribution in [0.4, 0.5) is 0 Å². The Morgan fingerprint density at radius 1 is 1.42 bits per heavy atom. The maximum absolute atomic E-state index is 10.7. The van der Waals surface area contributed by atoms with E-state index >= 15 is 0 Å². The van der Waals surface area contributed by atoms with Crippen molar-refractivity contribution in [3.8, 4) is 0 Å². The second-order valence-corrected chi connectivity index (χ2v) is 5.24. The van der Waals surface area contributed by atoms with E-state index < -0.39 is 16.9 Å². The van der Waals surface area contributed by atoms with Gasteiger partial charge in [-0.2, -0.15) is 0 Å². The summed E-state index contributed by atoms with van der Waals surface area (Å²) < 4.78 is 15.7. The van der Waals surface area contributed by atoms with Crippen molar-refractivity contribution < 1.29 is 13.5 Å². The summed E-state index contributed by atoms with van der Waals surface area (Å²) in [6.45, 7) is 4.15. The Morgan fingerprint density at radius 3 is 2.33 bits per heavy atom. The molecule has 1 fully saturated rings. The zero-order chi connectivity index (χ0) is 9.41. The molecule has 0 bridgehead atoms. The number of hydrogen-bond acceptors (Lipinski definition) is 3. The minimum atomic E-state index is -1.38. The molecule has 0 radical (unpaired) electrons. The predicted molar refractivity (Wildman–Crippen MR) is 47.7 cm³/mol. The summed E-state index contributed by atoms with van der Waals surface area (Å²) in [6, 6.07) is 0. The molecule has 0 aromatic heterocycles. The van der Waals surface area contributed by atoms with E-state index in [0.717, 1.165) is 6.42 Å². The highest BCUT2D eigenvalue weighted by Gasteiger charge is 2.43. The van der Waals surface area contributed by atoms with Crippen molar-refractivity contribution in [2.24, 2.45) is 5.41 Å². The molecule has 0 saturated heterocycles. The molecule has 0 amide bonds. The van der Waals surface area contributed by atoms with Gasteiger partial charge in [0.1, 0.15) is 0 Å². The van der Waals surface area contributed by atoms with Crippen LogP contribution in [0.3, 0.4) is 0 Å². The van der Waals surface area contributed by atoms with Gasteiger partial charge in [0.05, 0.1) is 0 Å². The van der Waals surface area contributed by atoms with Crippen molar-refractivity contribution in [2.75, 3.05) is 6.26 Å². The van der Waals surface area contributed by atoms with E-state index in [1.54, 1.807) is 0 Å². The van der Waals surface area contributed by atoms with Crippen LogP contribution in [0, 0.1) is 5.41 Å². The average molecular weight is 192 g/mol. The van der Waals surface area contributed by atoms with Crippen LogP contribution in [-0.4, -0.2) is 21.4 Å². The number of rotatable bonds is 2. The molecule has 0 spiro atoms. The fourth-order valence-electron chi connectivity index (χ4n) is 1.75. The maximum Gasteiger partial charge on any atom is 0.181 e. The molecule has 1 aliphatic rings. The van der Waals surface area contributed by atoms with Crippen molar-refractivity contribution in [2.45, 2.75) is 38.9 Å². The summed E-state index contributed by atoms with van der Waals surface area (Å²) in [5.74, 6) is -1.15. The Morgan fingerprint density at radius 2 is 2.00 bits per heavy atom. The van der Waals surface area contributed by atoms with Crippen LogP contribution in [0.25, 0.3) is 0 Å². The summed E-state index contributed by atoms with van der Waals surface area (Å²) in [6.07, 6.45) is 3.50. The second-order valence-electron chi connectivity index (χ2n) is 4.27. The Bertz CT molecular complexity index is 202. The highest BCUT2D eigenvalue weighted by molar-refractivity contribution is 7.79. The summed E-state index contributed by atoms with van der Waals surface area (Å²) >= 11 is -1.38. The topological polar surface area (TPSA) is 46.5 Å². The molecule has 2 unspecified atom stereocenters. The fourth-order valence-corrected chi connectivity index (χ4v) is 2.33. The van der Waals surface area contributed by atoms with Gasteiger partial charge in [-0.1, -0.05) is 13.8 Å². The minimum Gasteiger partial charge on any atom is -0.365 e. The van der Waals surface area contributed by atoms with Crippen LogP contribution in [0.5, 0.6) is 0 Å². The van der Waals surface area contributed by atoms with E-state index in [9.17, 15) is 9.32 Å². The highest BCUT2D eigenvalue weighted by atomic mass is 32.2. The van der Waals surface area contributed by atoms with E-state index in [2.05, 4.69) is 13.8 Å². The molecule has 2 atom stereocenters. The zero-order valence-corrected chi connectivity index (χ0v) is 8.61. The van der Waals surface area contributed by atoms with Crippen molar-refractivity contribution in [1.82, 2.24) is 0 Å².